The van der Waals surface area contributed by atoms with Crippen LogP contribution in [0.1, 0.15) is 32.6 Å². The van der Waals surface area contributed by atoms with Crippen LogP contribution in [0.2, 0.25) is 5.02 Å². The predicted octanol–water partition coefficient (Wildman–Crippen LogP) is 4.72. The van der Waals surface area contributed by atoms with Crippen LogP contribution >= 0.6 is 11.6 Å². The molecule has 1 aliphatic heterocycles. The highest BCUT2D eigenvalue weighted by molar-refractivity contribution is 6.30. The van der Waals surface area contributed by atoms with E-state index in [1.165, 1.54) is 12.1 Å². The molecular weight excluding hydrogens is 431 g/mol. The number of amides is 2. The second kappa shape index (κ2) is 9.34. The topological polar surface area (TPSA) is 69.6 Å². The Labute approximate surface area is 189 Å². The van der Waals surface area contributed by atoms with Gasteiger partial charge in [0.15, 0.2) is 0 Å². The third-order valence-corrected chi connectivity index (χ3v) is 5.69. The lowest BCUT2D eigenvalue weighted by Crippen LogP contribution is -2.36. The van der Waals surface area contributed by atoms with E-state index >= 15 is 0 Å². The molecule has 2 amide bonds. The lowest BCUT2D eigenvalue weighted by Gasteiger charge is -2.30. The zero-order valence-electron chi connectivity index (χ0n) is 17.0. The highest BCUT2D eigenvalue weighted by Crippen LogP contribution is 2.27. The van der Waals surface area contributed by atoms with Crippen molar-refractivity contribution in [2.24, 2.45) is 0 Å². The van der Waals surface area contributed by atoms with E-state index in [-0.39, 0.29) is 11.7 Å². The minimum atomic E-state index is -0.606. The minimum Gasteiger partial charge on any atom is -0.334 e. The van der Waals surface area contributed by atoms with Crippen LogP contribution in [0.5, 0.6) is 0 Å². The fourth-order valence-electron chi connectivity index (χ4n) is 3.73. The van der Waals surface area contributed by atoms with E-state index in [0.29, 0.717) is 41.2 Å². The van der Waals surface area contributed by atoms with Crippen molar-refractivity contribution in [2.75, 3.05) is 6.54 Å². The van der Waals surface area contributed by atoms with E-state index in [4.69, 9.17) is 16.8 Å². The van der Waals surface area contributed by atoms with Gasteiger partial charge in [-0.3, -0.25) is 14.8 Å². The highest BCUT2D eigenvalue weighted by atomic mass is 35.5. The average Bonchev–Trinajstić information content (AvgIpc) is 2.82. The Kier molecular flexibility index (Phi) is 6.35. The van der Waals surface area contributed by atoms with Crippen LogP contribution in [0.15, 0.2) is 66.7 Å². The summed E-state index contributed by atoms with van der Waals surface area (Å²) < 4.78 is 13.5. The van der Waals surface area contributed by atoms with E-state index in [9.17, 15) is 14.0 Å². The average molecular weight is 451 g/mol. The fourth-order valence-corrected chi connectivity index (χ4v) is 3.86. The highest BCUT2D eigenvalue weighted by Gasteiger charge is 2.25. The predicted molar refractivity (Wildman–Crippen MR) is 121 cm³/mol. The Morgan fingerprint density at radius 2 is 1.66 bits per heavy atom. The number of hydrogen-bond acceptors (Lipinski definition) is 3. The Hall–Kier alpha value is -3.48. The first kappa shape index (κ1) is 21.7. The van der Waals surface area contributed by atoms with Gasteiger partial charge in [-0.1, -0.05) is 41.9 Å². The molecule has 0 unspecified atom stereocenters. The molecule has 0 radical (unpaired) electrons. The molecule has 0 bridgehead atoms. The molecule has 0 aliphatic carbocycles. The maximum atomic E-state index is 13.6. The van der Waals surface area contributed by atoms with Gasteiger partial charge in [0, 0.05) is 29.2 Å². The Bertz CT molecular complexity index is 1190. The van der Waals surface area contributed by atoms with Crippen LogP contribution in [0.3, 0.4) is 0 Å². The molecule has 3 aromatic carbocycles. The molecule has 4 rings (SSSR count). The molecule has 1 heterocycles. The molecule has 0 fully saturated rings. The normalized spacial score (nSPS) is 13.5. The van der Waals surface area contributed by atoms with Crippen molar-refractivity contribution in [1.29, 1.82) is 0 Å². The number of hydrogen-bond donors (Lipinski definition) is 2. The van der Waals surface area contributed by atoms with Crippen molar-refractivity contribution in [3.8, 4) is 0 Å². The molecule has 3 aromatic rings. The van der Waals surface area contributed by atoms with Crippen molar-refractivity contribution >= 4 is 35.1 Å². The van der Waals surface area contributed by atoms with Gasteiger partial charge in [-0.2, -0.15) is 0 Å². The number of carbonyl (C=O) groups is 2. The van der Waals surface area contributed by atoms with Gasteiger partial charge < -0.3 is 4.90 Å². The van der Waals surface area contributed by atoms with Crippen molar-refractivity contribution in [3.63, 3.8) is 0 Å². The summed E-state index contributed by atoms with van der Waals surface area (Å²) in [5, 5.41) is 9.49. The zero-order valence-corrected chi connectivity index (χ0v) is 17.8. The van der Waals surface area contributed by atoms with Crippen LogP contribution < -0.4 is 5.48 Å². The summed E-state index contributed by atoms with van der Waals surface area (Å²) >= 11 is 5.98. The molecule has 0 aromatic heterocycles. The number of rotatable bonds is 4. The molecular formula is C25H20ClFN2O3. The van der Waals surface area contributed by atoms with Crippen molar-refractivity contribution < 1.29 is 19.2 Å². The standard InChI is InChI=1S/C25H20ClFN2O3/c26-21-7-1-16(2-8-21)13-23(18-5-9-22(27)10-6-18)25(31)29-12-11-17-3-4-19(24(30)28-32)14-20(17)15-29/h1-10,13-14,32H,11-12,15H2,(H,28,30). The largest absolute Gasteiger partial charge is 0.334 e. The lowest BCUT2D eigenvalue weighted by molar-refractivity contribution is -0.125. The van der Waals surface area contributed by atoms with Crippen LogP contribution in [-0.4, -0.2) is 28.5 Å². The molecule has 0 saturated carbocycles. The van der Waals surface area contributed by atoms with Gasteiger partial charge in [0.2, 0.25) is 0 Å². The van der Waals surface area contributed by atoms with Gasteiger partial charge in [-0.05, 0) is 71.1 Å². The quantitative estimate of drug-likeness (QED) is 0.261. The molecule has 0 spiro atoms. The fraction of sp³-hybridized carbons (Fsp3) is 0.120. The van der Waals surface area contributed by atoms with Crippen LogP contribution in [0.4, 0.5) is 4.39 Å². The summed E-state index contributed by atoms with van der Waals surface area (Å²) in [4.78, 5) is 27.0. The molecule has 162 valence electrons. The molecule has 2 N–H and O–H groups in total. The van der Waals surface area contributed by atoms with Gasteiger partial charge in [0.05, 0.1) is 0 Å². The number of carbonyl (C=O) groups excluding carboxylic acids is 2. The SMILES string of the molecule is O=C(NO)c1ccc2c(c1)CN(C(=O)C(=Cc1ccc(Cl)cc1)c1ccc(F)cc1)CC2. The summed E-state index contributed by atoms with van der Waals surface area (Å²) in [7, 11) is 0. The summed E-state index contributed by atoms with van der Waals surface area (Å²) in [6.45, 7) is 0.830. The summed E-state index contributed by atoms with van der Waals surface area (Å²) in [6.07, 6.45) is 2.40. The van der Waals surface area contributed by atoms with Crippen LogP contribution in [-0.2, 0) is 17.8 Å². The smallest absolute Gasteiger partial charge is 0.274 e. The van der Waals surface area contributed by atoms with Gasteiger partial charge in [0.1, 0.15) is 5.82 Å². The Balaban J connectivity index is 1.68. The first-order chi connectivity index (χ1) is 15.4. The number of nitrogens with one attached hydrogen (secondary N) is 1. The molecule has 32 heavy (non-hydrogen) atoms. The van der Waals surface area contributed by atoms with Gasteiger partial charge in [-0.25, -0.2) is 9.87 Å². The number of hydroxylamine groups is 1. The molecule has 5 nitrogen and oxygen atoms in total. The van der Waals surface area contributed by atoms with Gasteiger partial charge in [0.25, 0.3) is 11.8 Å². The molecule has 0 atom stereocenters. The maximum absolute atomic E-state index is 13.6. The first-order valence-corrected chi connectivity index (χ1v) is 10.4. The molecule has 0 saturated heterocycles. The van der Waals surface area contributed by atoms with E-state index in [1.54, 1.807) is 52.9 Å². The lowest BCUT2D eigenvalue weighted by atomic mass is 9.95. The third kappa shape index (κ3) is 4.72. The minimum absolute atomic E-state index is 0.200. The number of halogens is 2. The van der Waals surface area contributed by atoms with E-state index in [0.717, 1.165) is 16.7 Å². The maximum Gasteiger partial charge on any atom is 0.274 e. The monoisotopic (exact) mass is 450 g/mol. The number of benzene rings is 3. The molecule has 7 heteroatoms. The Morgan fingerprint density at radius 3 is 2.34 bits per heavy atom. The van der Waals surface area contributed by atoms with Gasteiger partial charge in [-0.15, -0.1) is 0 Å². The summed E-state index contributed by atoms with van der Waals surface area (Å²) in [5.74, 6) is -1.19. The van der Waals surface area contributed by atoms with Crippen LogP contribution in [0, 0.1) is 5.82 Å². The second-order valence-corrected chi connectivity index (χ2v) is 7.95. The third-order valence-electron chi connectivity index (χ3n) is 5.44. The number of nitrogens with zero attached hydrogens (tertiary/aromatic N) is 1. The summed E-state index contributed by atoms with van der Waals surface area (Å²) in [6, 6.07) is 18.1. The van der Waals surface area contributed by atoms with Crippen molar-refractivity contribution in [1.82, 2.24) is 10.4 Å². The van der Waals surface area contributed by atoms with E-state index < -0.39 is 5.91 Å². The zero-order chi connectivity index (χ0) is 22.7. The van der Waals surface area contributed by atoms with E-state index in [2.05, 4.69) is 0 Å². The second-order valence-electron chi connectivity index (χ2n) is 7.52. The summed E-state index contributed by atoms with van der Waals surface area (Å²) in [5.41, 5.74) is 5.66. The van der Waals surface area contributed by atoms with Gasteiger partial charge >= 0.3 is 0 Å². The first-order valence-electron chi connectivity index (χ1n) is 10.0. The number of fused-ring (bicyclic) bond motifs is 1. The molecule has 1 aliphatic rings. The van der Waals surface area contributed by atoms with Crippen molar-refractivity contribution in [3.05, 3.63) is 105 Å². The van der Waals surface area contributed by atoms with E-state index in [1.807, 2.05) is 18.2 Å². The Morgan fingerprint density at radius 1 is 0.969 bits per heavy atom. The van der Waals surface area contributed by atoms with Crippen LogP contribution in [0.25, 0.3) is 11.6 Å². The van der Waals surface area contributed by atoms with Crippen molar-refractivity contribution in [2.45, 2.75) is 13.0 Å².